The molecule has 2 aromatic rings. The van der Waals surface area contributed by atoms with Crippen molar-refractivity contribution in [3.63, 3.8) is 0 Å². The Balaban J connectivity index is 1.73. The molecule has 0 saturated heterocycles. The van der Waals surface area contributed by atoms with Crippen LogP contribution in [0.3, 0.4) is 0 Å². The van der Waals surface area contributed by atoms with Gasteiger partial charge in [-0.25, -0.2) is 8.78 Å². The first kappa shape index (κ1) is 19.1. The maximum atomic E-state index is 13.3. The number of amides is 1. The summed E-state index contributed by atoms with van der Waals surface area (Å²) in [6, 6.07) is 5.51. The van der Waals surface area contributed by atoms with E-state index < -0.39 is 5.92 Å². The van der Waals surface area contributed by atoms with Gasteiger partial charge in [-0.05, 0) is 30.9 Å². The van der Waals surface area contributed by atoms with E-state index in [4.69, 9.17) is 16.3 Å². The number of hydrogen-bond donors (Lipinski definition) is 1. The zero-order chi connectivity index (χ0) is 18.7. The number of carbonyl (C=O) groups excluding carboxylic acids is 1. The van der Waals surface area contributed by atoms with Gasteiger partial charge in [-0.2, -0.15) is 0 Å². The summed E-state index contributed by atoms with van der Waals surface area (Å²) in [4.78, 5) is 12.7. The van der Waals surface area contributed by atoms with Gasteiger partial charge in [0, 0.05) is 44.6 Å². The van der Waals surface area contributed by atoms with Crippen LogP contribution in [0.4, 0.5) is 8.78 Å². The first-order valence-electron chi connectivity index (χ1n) is 8.83. The van der Waals surface area contributed by atoms with Gasteiger partial charge in [0.2, 0.25) is 5.92 Å². The number of nitrogens with zero attached hydrogens (tertiary/aromatic N) is 1. The van der Waals surface area contributed by atoms with E-state index >= 15 is 0 Å². The minimum absolute atomic E-state index is 0.0934. The van der Waals surface area contributed by atoms with Crippen LogP contribution < -0.4 is 5.32 Å². The van der Waals surface area contributed by atoms with Gasteiger partial charge in [0.1, 0.15) is 0 Å². The van der Waals surface area contributed by atoms with Gasteiger partial charge in [-0.1, -0.05) is 17.7 Å². The number of carbonyl (C=O) groups is 1. The number of aromatic nitrogens is 1. The van der Waals surface area contributed by atoms with Crippen molar-refractivity contribution < 1.29 is 18.3 Å². The number of fused-ring (bicyclic) bond motifs is 1. The Morgan fingerprint density at radius 1 is 1.38 bits per heavy atom. The van der Waals surface area contributed by atoms with Crippen molar-refractivity contribution in [2.24, 2.45) is 5.92 Å². The highest BCUT2D eigenvalue weighted by Crippen LogP contribution is 2.36. The Bertz CT molecular complexity index is 781. The first-order valence-corrected chi connectivity index (χ1v) is 9.21. The van der Waals surface area contributed by atoms with Crippen molar-refractivity contribution in [3.8, 4) is 0 Å². The highest BCUT2D eigenvalue weighted by molar-refractivity contribution is 6.36. The van der Waals surface area contributed by atoms with Crippen LogP contribution in [0, 0.1) is 5.92 Å². The van der Waals surface area contributed by atoms with E-state index in [9.17, 15) is 13.6 Å². The summed E-state index contributed by atoms with van der Waals surface area (Å²) < 4.78 is 33.6. The fourth-order valence-electron chi connectivity index (χ4n) is 3.49. The van der Waals surface area contributed by atoms with Crippen LogP contribution in [0.15, 0.2) is 24.4 Å². The second kappa shape index (κ2) is 7.92. The zero-order valence-electron chi connectivity index (χ0n) is 14.7. The fourth-order valence-corrected chi connectivity index (χ4v) is 3.76. The van der Waals surface area contributed by atoms with E-state index in [1.54, 1.807) is 19.4 Å². The third kappa shape index (κ3) is 4.18. The Hall–Kier alpha value is -1.66. The molecule has 1 aliphatic carbocycles. The summed E-state index contributed by atoms with van der Waals surface area (Å²) >= 11 is 6.33. The van der Waals surface area contributed by atoms with E-state index in [0.29, 0.717) is 48.5 Å². The normalized spacial score (nSPS) is 17.5. The van der Waals surface area contributed by atoms with E-state index in [-0.39, 0.29) is 24.7 Å². The van der Waals surface area contributed by atoms with Crippen LogP contribution in [0.5, 0.6) is 0 Å². The maximum absolute atomic E-state index is 13.3. The molecule has 0 radical (unpaired) electrons. The van der Waals surface area contributed by atoms with Gasteiger partial charge in [0.05, 0.1) is 22.7 Å². The third-order valence-electron chi connectivity index (χ3n) is 5.02. The van der Waals surface area contributed by atoms with Crippen molar-refractivity contribution in [1.29, 1.82) is 0 Å². The smallest absolute Gasteiger partial charge is 0.253 e. The standard InChI is InChI=1S/C19H23ClF2N2O2/c1-26-10-9-24-12-14(17-15(20)3-2-4-16(17)24)18(25)23-11-13-5-7-19(21,22)8-6-13/h2-4,12-13H,5-11H2,1H3,(H,23,25). The Morgan fingerprint density at radius 2 is 2.12 bits per heavy atom. The second-order valence-corrected chi connectivity index (χ2v) is 7.28. The third-order valence-corrected chi connectivity index (χ3v) is 5.34. The molecule has 1 saturated carbocycles. The molecule has 1 aromatic heterocycles. The molecule has 1 amide bonds. The molecule has 1 aliphatic rings. The lowest BCUT2D eigenvalue weighted by Gasteiger charge is -2.28. The molecule has 1 N–H and O–H groups in total. The minimum Gasteiger partial charge on any atom is -0.383 e. The Morgan fingerprint density at radius 3 is 2.81 bits per heavy atom. The molecule has 26 heavy (non-hydrogen) atoms. The molecule has 1 fully saturated rings. The number of rotatable bonds is 6. The summed E-state index contributed by atoms with van der Waals surface area (Å²) in [7, 11) is 1.62. The van der Waals surface area contributed by atoms with Crippen LogP contribution in [0.2, 0.25) is 5.02 Å². The summed E-state index contributed by atoms with van der Waals surface area (Å²) in [6.07, 6.45) is 2.44. The maximum Gasteiger partial charge on any atom is 0.253 e. The minimum atomic E-state index is -2.55. The van der Waals surface area contributed by atoms with Gasteiger partial charge in [0.25, 0.3) is 5.91 Å². The summed E-state index contributed by atoms with van der Waals surface area (Å²) in [5.74, 6) is -2.68. The molecule has 3 rings (SSSR count). The van der Waals surface area contributed by atoms with E-state index in [1.165, 1.54) is 0 Å². The highest BCUT2D eigenvalue weighted by Gasteiger charge is 2.34. The molecule has 1 heterocycles. The van der Waals surface area contributed by atoms with Crippen LogP contribution in [0.25, 0.3) is 10.9 Å². The molecular weight excluding hydrogens is 362 g/mol. The number of methoxy groups -OCH3 is 1. The average molecular weight is 385 g/mol. The van der Waals surface area contributed by atoms with E-state index in [0.717, 1.165) is 5.52 Å². The molecule has 1 aromatic carbocycles. The van der Waals surface area contributed by atoms with Gasteiger partial charge in [-0.15, -0.1) is 0 Å². The molecule has 7 heteroatoms. The lowest BCUT2D eigenvalue weighted by Crippen LogP contribution is -2.33. The lowest BCUT2D eigenvalue weighted by molar-refractivity contribution is -0.0452. The summed E-state index contributed by atoms with van der Waals surface area (Å²) in [5.41, 5.74) is 1.37. The predicted molar refractivity (Wildman–Crippen MR) is 98.1 cm³/mol. The highest BCUT2D eigenvalue weighted by atomic mass is 35.5. The number of nitrogens with one attached hydrogen (secondary N) is 1. The molecule has 0 bridgehead atoms. The van der Waals surface area contributed by atoms with Gasteiger partial charge in [-0.3, -0.25) is 4.79 Å². The first-order chi connectivity index (χ1) is 12.4. The Labute approximate surface area is 156 Å². The average Bonchev–Trinajstić information content (AvgIpc) is 2.99. The summed E-state index contributed by atoms with van der Waals surface area (Å²) in [5, 5.41) is 4.12. The predicted octanol–water partition coefficient (Wildman–Crippen LogP) is 4.50. The molecule has 0 spiro atoms. The largest absolute Gasteiger partial charge is 0.383 e. The molecule has 0 unspecified atom stereocenters. The molecule has 142 valence electrons. The second-order valence-electron chi connectivity index (χ2n) is 6.87. The van der Waals surface area contributed by atoms with Gasteiger partial charge < -0.3 is 14.6 Å². The van der Waals surface area contributed by atoms with Gasteiger partial charge >= 0.3 is 0 Å². The lowest BCUT2D eigenvalue weighted by atomic mass is 9.87. The number of alkyl halides is 2. The number of benzene rings is 1. The zero-order valence-corrected chi connectivity index (χ0v) is 15.5. The summed E-state index contributed by atoms with van der Waals surface area (Å²) in [6.45, 7) is 1.54. The number of hydrogen-bond acceptors (Lipinski definition) is 2. The van der Waals surface area contributed by atoms with Crippen molar-refractivity contribution in [1.82, 2.24) is 9.88 Å². The van der Waals surface area contributed by atoms with Crippen molar-refractivity contribution in [2.75, 3.05) is 20.3 Å². The molecule has 0 atom stereocenters. The van der Waals surface area contributed by atoms with Crippen molar-refractivity contribution >= 4 is 28.4 Å². The van der Waals surface area contributed by atoms with Crippen LogP contribution in [-0.4, -0.2) is 36.7 Å². The van der Waals surface area contributed by atoms with Crippen LogP contribution in [0.1, 0.15) is 36.0 Å². The fraction of sp³-hybridized carbons (Fsp3) is 0.526. The molecule has 4 nitrogen and oxygen atoms in total. The van der Waals surface area contributed by atoms with Gasteiger partial charge in [0.15, 0.2) is 0 Å². The van der Waals surface area contributed by atoms with Crippen LogP contribution in [-0.2, 0) is 11.3 Å². The van der Waals surface area contributed by atoms with E-state index in [1.807, 2.05) is 16.7 Å². The number of ether oxygens (including phenoxy) is 1. The Kier molecular flexibility index (Phi) is 5.82. The quantitative estimate of drug-likeness (QED) is 0.797. The monoisotopic (exact) mass is 384 g/mol. The van der Waals surface area contributed by atoms with Crippen LogP contribution >= 0.6 is 11.6 Å². The number of halogens is 3. The molecule has 0 aliphatic heterocycles. The van der Waals surface area contributed by atoms with Crippen molar-refractivity contribution in [2.45, 2.75) is 38.2 Å². The topological polar surface area (TPSA) is 43.3 Å². The van der Waals surface area contributed by atoms with Crippen molar-refractivity contribution in [3.05, 3.63) is 35.0 Å². The SMILES string of the molecule is COCCn1cc(C(=O)NCC2CCC(F)(F)CC2)c2c(Cl)cccc21. The van der Waals surface area contributed by atoms with E-state index in [2.05, 4.69) is 5.32 Å². The molecular formula is C19H23ClF2N2O2.